The minimum atomic E-state index is -0.599. The van der Waals surface area contributed by atoms with E-state index >= 15 is 0 Å². The molecule has 26 heavy (non-hydrogen) atoms. The van der Waals surface area contributed by atoms with Crippen LogP contribution in [0.3, 0.4) is 0 Å². The number of aryl methyl sites for hydroxylation is 1. The summed E-state index contributed by atoms with van der Waals surface area (Å²) in [6, 6.07) is 1.91. The second-order valence-corrected chi connectivity index (χ2v) is 6.68. The number of hydrogen-bond donors (Lipinski definition) is 1. The van der Waals surface area contributed by atoms with E-state index in [9.17, 15) is 9.50 Å². The van der Waals surface area contributed by atoms with Crippen LogP contribution in [-0.4, -0.2) is 57.7 Å². The third kappa shape index (κ3) is 3.36. The van der Waals surface area contributed by atoms with Gasteiger partial charge in [-0.3, -0.25) is 4.68 Å². The van der Waals surface area contributed by atoms with E-state index in [1.807, 2.05) is 20.5 Å². The zero-order valence-electron chi connectivity index (χ0n) is 14.8. The van der Waals surface area contributed by atoms with Crippen molar-refractivity contribution in [2.24, 2.45) is 0 Å². The molecule has 140 valence electrons. The average Bonchev–Trinajstić information content (AvgIpc) is 2.95. The maximum Gasteiger partial charge on any atom is 0.227 e. The number of rotatable bonds is 3. The van der Waals surface area contributed by atoms with E-state index in [0.29, 0.717) is 50.3 Å². The van der Waals surface area contributed by atoms with Crippen molar-refractivity contribution >= 4 is 11.8 Å². The molecule has 0 unspecified atom stereocenters. The molecule has 2 aliphatic rings. The van der Waals surface area contributed by atoms with Gasteiger partial charge in [-0.1, -0.05) is 0 Å². The second kappa shape index (κ2) is 7.16. The van der Waals surface area contributed by atoms with Gasteiger partial charge >= 0.3 is 0 Å². The Kier molecular flexibility index (Phi) is 4.73. The number of fused-ring (bicyclic) bond motifs is 1. The molecule has 2 aromatic heterocycles. The maximum absolute atomic E-state index is 14.3. The molecule has 4 rings (SSSR count). The van der Waals surface area contributed by atoms with Crippen LogP contribution < -0.4 is 9.80 Å². The SMILES string of the molecule is C[C@@H](O)c1cc2n(n1)CCCN(c1ncc(F)c(N3CCOCC3)n1)C2. The monoisotopic (exact) mass is 362 g/mol. The number of halogens is 1. The summed E-state index contributed by atoms with van der Waals surface area (Å²) in [5.74, 6) is 0.439. The predicted octanol–water partition coefficient (Wildman–Crippen LogP) is 1.11. The summed E-state index contributed by atoms with van der Waals surface area (Å²) >= 11 is 0. The first kappa shape index (κ1) is 17.2. The first-order valence-corrected chi connectivity index (χ1v) is 8.96. The number of anilines is 2. The first-order chi connectivity index (χ1) is 12.6. The highest BCUT2D eigenvalue weighted by Crippen LogP contribution is 2.24. The van der Waals surface area contributed by atoms with Gasteiger partial charge in [0, 0.05) is 26.2 Å². The number of morpholine rings is 1. The highest BCUT2D eigenvalue weighted by Gasteiger charge is 2.23. The quantitative estimate of drug-likeness (QED) is 0.876. The van der Waals surface area contributed by atoms with Crippen molar-refractivity contribution in [3.8, 4) is 0 Å². The van der Waals surface area contributed by atoms with E-state index in [1.165, 1.54) is 6.20 Å². The largest absolute Gasteiger partial charge is 0.387 e. The number of nitrogens with zero attached hydrogens (tertiary/aromatic N) is 6. The lowest BCUT2D eigenvalue weighted by Crippen LogP contribution is -2.38. The highest BCUT2D eigenvalue weighted by molar-refractivity contribution is 5.45. The van der Waals surface area contributed by atoms with Crippen LogP contribution in [-0.2, 0) is 17.8 Å². The lowest BCUT2D eigenvalue weighted by molar-refractivity contribution is 0.122. The molecule has 4 heterocycles. The van der Waals surface area contributed by atoms with Crippen LogP contribution in [0, 0.1) is 5.82 Å². The molecule has 9 heteroatoms. The van der Waals surface area contributed by atoms with Crippen molar-refractivity contribution in [1.29, 1.82) is 0 Å². The molecule has 0 spiro atoms. The standard InChI is InChI=1S/C17H23FN6O2/c1-12(25)15-9-13-11-23(3-2-4-24(13)21-15)17-19-10-14(18)16(20-17)22-5-7-26-8-6-22/h9-10,12,25H,2-8,11H2,1H3/t12-/m1/s1. The van der Waals surface area contributed by atoms with Crippen molar-refractivity contribution in [2.45, 2.75) is 32.5 Å². The topological polar surface area (TPSA) is 79.5 Å². The van der Waals surface area contributed by atoms with Crippen LogP contribution in [0.1, 0.15) is 30.8 Å². The summed E-state index contributed by atoms with van der Waals surface area (Å²) in [4.78, 5) is 12.7. The van der Waals surface area contributed by atoms with Gasteiger partial charge in [-0.2, -0.15) is 10.1 Å². The molecule has 0 radical (unpaired) electrons. The van der Waals surface area contributed by atoms with Crippen molar-refractivity contribution in [1.82, 2.24) is 19.7 Å². The van der Waals surface area contributed by atoms with E-state index in [1.54, 1.807) is 6.92 Å². The van der Waals surface area contributed by atoms with Gasteiger partial charge in [0.25, 0.3) is 0 Å². The number of hydrogen-bond acceptors (Lipinski definition) is 7. The smallest absolute Gasteiger partial charge is 0.227 e. The number of aliphatic hydroxyl groups is 1. The van der Waals surface area contributed by atoms with Gasteiger partial charge in [0.15, 0.2) is 11.6 Å². The van der Waals surface area contributed by atoms with Crippen LogP contribution in [0.4, 0.5) is 16.2 Å². The number of aromatic nitrogens is 4. The molecule has 0 amide bonds. The molecule has 0 aliphatic carbocycles. The summed E-state index contributed by atoms with van der Waals surface area (Å²) in [5, 5.41) is 14.2. The third-order valence-electron chi connectivity index (χ3n) is 4.77. The number of aliphatic hydroxyl groups excluding tert-OH is 1. The lowest BCUT2D eigenvalue weighted by Gasteiger charge is -2.29. The summed E-state index contributed by atoms with van der Waals surface area (Å²) in [5.41, 5.74) is 1.66. The van der Waals surface area contributed by atoms with Crippen molar-refractivity contribution < 1.29 is 14.2 Å². The Morgan fingerprint density at radius 3 is 2.77 bits per heavy atom. The molecular formula is C17H23FN6O2. The maximum atomic E-state index is 14.3. The fourth-order valence-corrected chi connectivity index (χ4v) is 3.36. The van der Waals surface area contributed by atoms with Gasteiger partial charge in [-0.15, -0.1) is 0 Å². The fourth-order valence-electron chi connectivity index (χ4n) is 3.36. The molecule has 0 aromatic carbocycles. The molecule has 1 N–H and O–H groups in total. The Bertz CT molecular complexity index is 775. The number of ether oxygens (including phenoxy) is 1. The first-order valence-electron chi connectivity index (χ1n) is 8.96. The second-order valence-electron chi connectivity index (χ2n) is 6.68. The summed E-state index contributed by atoms with van der Waals surface area (Å²) < 4.78 is 21.5. The Morgan fingerprint density at radius 1 is 1.19 bits per heavy atom. The van der Waals surface area contributed by atoms with E-state index < -0.39 is 11.9 Å². The van der Waals surface area contributed by atoms with Gasteiger partial charge in [-0.05, 0) is 19.4 Å². The Hall–Kier alpha value is -2.26. The minimum Gasteiger partial charge on any atom is -0.387 e. The van der Waals surface area contributed by atoms with E-state index in [0.717, 1.165) is 25.2 Å². The van der Waals surface area contributed by atoms with E-state index in [-0.39, 0.29) is 0 Å². The van der Waals surface area contributed by atoms with Crippen LogP contribution in [0.2, 0.25) is 0 Å². The molecule has 1 saturated heterocycles. The molecule has 8 nitrogen and oxygen atoms in total. The van der Waals surface area contributed by atoms with Crippen LogP contribution in [0.5, 0.6) is 0 Å². The third-order valence-corrected chi connectivity index (χ3v) is 4.77. The van der Waals surface area contributed by atoms with Gasteiger partial charge in [0.1, 0.15) is 0 Å². The minimum absolute atomic E-state index is 0.334. The molecule has 1 fully saturated rings. The molecular weight excluding hydrogens is 339 g/mol. The summed E-state index contributed by atoms with van der Waals surface area (Å²) in [6.45, 7) is 6.21. The normalized spacial score (nSPS) is 19.2. The molecule has 1 atom stereocenters. The van der Waals surface area contributed by atoms with Crippen molar-refractivity contribution in [2.75, 3.05) is 42.6 Å². The molecule has 2 aromatic rings. The summed E-state index contributed by atoms with van der Waals surface area (Å²) in [6.07, 6.45) is 1.52. The fraction of sp³-hybridized carbons (Fsp3) is 0.588. The lowest BCUT2D eigenvalue weighted by atomic mass is 10.2. The molecule has 0 saturated carbocycles. The Labute approximate surface area is 151 Å². The van der Waals surface area contributed by atoms with Gasteiger partial charge in [0.2, 0.25) is 5.95 Å². The van der Waals surface area contributed by atoms with Crippen molar-refractivity contribution in [3.63, 3.8) is 0 Å². The van der Waals surface area contributed by atoms with Crippen LogP contribution >= 0.6 is 0 Å². The van der Waals surface area contributed by atoms with Crippen molar-refractivity contribution in [3.05, 3.63) is 29.5 Å². The van der Waals surface area contributed by atoms with Crippen LogP contribution in [0.25, 0.3) is 0 Å². The zero-order chi connectivity index (χ0) is 18.1. The molecule has 0 bridgehead atoms. The summed E-state index contributed by atoms with van der Waals surface area (Å²) in [7, 11) is 0. The van der Waals surface area contributed by atoms with Gasteiger partial charge in [0.05, 0.1) is 43.4 Å². The Balaban J connectivity index is 1.60. The Morgan fingerprint density at radius 2 is 2.00 bits per heavy atom. The highest BCUT2D eigenvalue weighted by atomic mass is 19.1. The van der Waals surface area contributed by atoms with Gasteiger partial charge in [-0.25, -0.2) is 9.37 Å². The van der Waals surface area contributed by atoms with E-state index in [4.69, 9.17) is 4.74 Å². The van der Waals surface area contributed by atoms with Gasteiger partial charge < -0.3 is 19.6 Å². The molecule has 2 aliphatic heterocycles. The average molecular weight is 362 g/mol. The van der Waals surface area contributed by atoms with E-state index in [2.05, 4.69) is 15.1 Å². The van der Waals surface area contributed by atoms with Crippen LogP contribution in [0.15, 0.2) is 12.3 Å². The predicted molar refractivity (Wildman–Crippen MR) is 93.5 cm³/mol. The zero-order valence-corrected chi connectivity index (χ0v) is 14.8.